The second-order valence-electron chi connectivity index (χ2n) is 8.89. The quantitative estimate of drug-likeness (QED) is 0.477. The monoisotopic (exact) mass is 466 g/mol. The predicted molar refractivity (Wildman–Crippen MR) is 129 cm³/mol. The van der Waals surface area contributed by atoms with Crippen molar-refractivity contribution in [3.63, 3.8) is 0 Å². The molecular weight excluding hydrogens is 436 g/mol. The summed E-state index contributed by atoms with van der Waals surface area (Å²) in [6, 6.07) is 13.2. The number of sulfonamides is 1. The zero-order valence-electron chi connectivity index (χ0n) is 19.5. The van der Waals surface area contributed by atoms with Gasteiger partial charge in [-0.1, -0.05) is 47.5 Å². The van der Waals surface area contributed by atoms with Gasteiger partial charge in [-0.15, -0.1) is 0 Å². The molecule has 0 fully saturated rings. The smallest absolute Gasteiger partial charge is 0.290 e. The summed E-state index contributed by atoms with van der Waals surface area (Å²) in [4.78, 5) is 29.0. The summed E-state index contributed by atoms with van der Waals surface area (Å²) in [5, 5.41) is 0. The van der Waals surface area contributed by atoms with Gasteiger partial charge in [0.2, 0.25) is 5.78 Å². The second-order valence-corrected chi connectivity index (χ2v) is 10.7. The van der Waals surface area contributed by atoms with E-state index in [1.165, 1.54) is 9.21 Å². The Bertz CT molecular complexity index is 1230. The number of fused-ring (bicyclic) bond motifs is 3. The fourth-order valence-electron chi connectivity index (χ4n) is 5.25. The van der Waals surface area contributed by atoms with Crippen LogP contribution in [0.2, 0.25) is 0 Å². The molecule has 7 heteroatoms. The van der Waals surface area contributed by atoms with Crippen molar-refractivity contribution in [2.75, 3.05) is 17.4 Å². The number of rotatable bonds is 6. The molecule has 2 aromatic carbocycles. The summed E-state index contributed by atoms with van der Waals surface area (Å²) >= 11 is 0. The minimum Gasteiger partial charge on any atom is -0.337 e. The van der Waals surface area contributed by atoms with Crippen molar-refractivity contribution < 1.29 is 18.0 Å². The third kappa shape index (κ3) is 3.50. The number of ketones is 1. The van der Waals surface area contributed by atoms with E-state index in [0.717, 1.165) is 11.1 Å². The molecule has 33 heavy (non-hydrogen) atoms. The number of hydrogen-bond acceptors (Lipinski definition) is 4. The van der Waals surface area contributed by atoms with Crippen LogP contribution in [0.25, 0.3) is 0 Å². The summed E-state index contributed by atoms with van der Waals surface area (Å²) in [6.07, 6.45) is 2.67. The summed E-state index contributed by atoms with van der Waals surface area (Å²) in [5.41, 5.74) is 1.79. The molecule has 0 bridgehead atoms. The summed E-state index contributed by atoms with van der Waals surface area (Å²) in [6.45, 7) is 8.36. The van der Waals surface area contributed by atoms with Gasteiger partial charge in [0.05, 0.1) is 22.0 Å². The molecule has 0 saturated heterocycles. The molecule has 0 unspecified atom stereocenters. The van der Waals surface area contributed by atoms with Crippen LogP contribution >= 0.6 is 0 Å². The Kier molecular flexibility index (Phi) is 5.95. The molecule has 174 valence electrons. The molecule has 4 rings (SSSR count). The zero-order valence-corrected chi connectivity index (χ0v) is 20.4. The lowest BCUT2D eigenvalue weighted by Crippen LogP contribution is -2.57. The predicted octanol–water partition coefficient (Wildman–Crippen LogP) is 3.99. The van der Waals surface area contributed by atoms with Crippen LogP contribution in [-0.2, 0) is 25.0 Å². The fourth-order valence-corrected chi connectivity index (χ4v) is 6.97. The van der Waals surface area contributed by atoms with Crippen LogP contribution in [0.15, 0.2) is 65.1 Å². The van der Waals surface area contributed by atoms with Gasteiger partial charge in [-0.25, -0.2) is 8.42 Å². The molecule has 1 aliphatic heterocycles. The number of nitrogens with zero attached hydrogens (tertiary/aromatic N) is 2. The number of hydrogen-bond donors (Lipinski definition) is 0. The Morgan fingerprint density at radius 3 is 2.30 bits per heavy atom. The van der Waals surface area contributed by atoms with Gasteiger partial charge in [-0.3, -0.25) is 13.9 Å². The van der Waals surface area contributed by atoms with Crippen LogP contribution in [-0.4, -0.2) is 44.1 Å². The Hall–Kier alpha value is -2.93. The lowest BCUT2D eigenvalue weighted by Gasteiger charge is -2.40. The number of benzene rings is 2. The number of likely N-dealkylation sites (N-methyl/N-ethyl adjacent to an activating group) is 1. The first-order chi connectivity index (χ1) is 15.7. The van der Waals surface area contributed by atoms with Gasteiger partial charge in [-0.2, -0.15) is 0 Å². The molecule has 2 atom stereocenters. The topological polar surface area (TPSA) is 74.8 Å². The van der Waals surface area contributed by atoms with Crippen LogP contribution in [0.4, 0.5) is 5.69 Å². The lowest BCUT2D eigenvalue weighted by atomic mass is 9.65. The Morgan fingerprint density at radius 2 is 1.67 bits per heavy atom. The number of amides is 1. The Balaban J connectivity index is 1.94. The van der Waals surface area contributed by atoms with Gasteiger partial charge < -0.3 is 4.90 Å². The van der Waals surface area contributed by atoms with E-state index in [2.05, 4.69) is 0 Å². The molecule has 1 amide bonds. The molecular formula is C26H30N2O4S. The van der Waals surface area contributed by atoms with Crippen molar-refractivity contribution in [2.24, 2.45) is 0 Å². The van der Waals surface area contributed by atoms with Gasteiger partial charge in [0.25, 0.3) is 15.9 Å². The van der Waals surface area contributed by atoms with Crippen molar-refractivity contribution in [3.05, 3.63) is 71.3 Å². The minimum atomic E-state index is -3.96. The SMILES string of the molecule is CCN(CC)C(=O)C(=O)[C@@]12CC(C)=CC[C@@H]1N(S(=O)(=O)c1ccc(C)cc1)c1ccccc12. The number of para-hydroxylation sites is 1. The van der Waals surface area contributed by atoms with Crippen molar-refractivity contribution in [3.8, 4) is 0 Å². The molecule has 0 N–H and O–H groups in total. The second kappa shape index (κ2) is 8.45. The normalized spacial score (nSPS) is 21.8. The number of anilines is 1. The van der Waals surface area contributed by atoms with E-state index >= 15 is 0 Å². The molecule has 0 spiro atoms. The van der Waals surface area contributed by atoms with Crippen LogP contribution in [0.1, 0.15) is 44.7 Å². The van der Waals surface area contributed by atoms with Crippen molar-refractivity contribution in [1.29, 1.82) is 0 Å². The van der Waals surface area contributed by atoms with E-state index in [-0.39, 0.29) is 4.90 Å². The lowest BCUT2D eigenvalue weighted by molar-refractivity contribution is -0.147. The summed E-state index contributed by atoms with van der Waals surface area (Å²) in [5.74, 6) is -1.08. The molecule has 2 aliphatic rings. The highest BCUT2D eigenvalue weighted by Gasteiger charge is 2.61. The van der Waals surface area contributed by atoms with Crippen LogP contribution in [0, 0.1) is 6.92 Å². The van der Waals surface area contributed by atoms with E-state index in [0.29, 0.717) is 37.2 Å². The summed E-state index contributed by atoms with van der Waals surface area (Å²) in [7, 11) is -3.96. The third-order valence-corrected chi connectivity index (χ3v) is 8.79. The van der Waals surface area contributed by atoms with E-state index in [9.17, 15) is 18.0 Å². The largest absolute Gasteiger partial charge is 0.337 e. The molecule has 1 aliphatic carbocycles. The van der Waals surface area contributed by atoms with Crippen molar-refractivity contribution >= 4 is 27.4 Å². The van der Waals surface area contributed by atoms with Gasteiger partial charge in [0, 0.05) is 13.1 Å². The maximum Gasteiger partial charge on any atom is 0.290 e. The average Bonchev–Trinajstić information content (AvgIpc) is 3.11. The zero-order chi connectivity index (χ0) is 24.0. The molecule has 0 aromatic heterocycles. The number of carbonyl (C=O) groups excluding carboxylic acids is 2. The maximum atomic E-state index is 14.0. The molecule has 0 radical (unpaired) electrons. The maximum absolute atomic E-state index is 14.0. The van der Waals surface area contributed by atoms with E-state index in [4.69, 9.17) is 0 Å². The average molecular weight is 467 g/mol. The third-order valence-electron chi connectivity index (χ3n) is 6.95. The Morgan fingerprint density at radius 1 is 1.03 bits per heavy atom. The molecule has 6 nitrogen and oxygen atoms in total. The Labute approximate surface area is 195 Å². The highest BCUT2D eigenvalue weighted by Crippen LogP contribution is 2.54. The number of carbonyl (C=O) groups is 2. The van der Waals surface area contributed by atoms with Gasteiger partial charge in [-0.05, 0) is 64.3 Å². The van der Waals surface area contributed by atoms with Gasteiger partial charge >= 0.3 is 0 Å². The number of aryl methyl sites for hydroxylation is 1. The number of Topliss-reactive ketones (excluding diaryl/α,β-unsaturated/α-hetero) is 1. The first kappa shape index (κ1) is 23.2. The molecule has 2 aromatic rings. The van der Waals surface area contributed by atoms with Gasteiger partial charge in [0.1, 0.15) is 0 Å². The standard InChI is InChI=1S/C26H30N2O4S/c1-5-27(6-2)25(30)24(29)26-17-19(4)13-16-23(26)28(22-10-8-7-9-21(22)26)33(31,32)20-14-11-18(3)12-15-20/h7-15,23H,5-6,16-17H2,1-4H3/t23-,26+/m0/s1. The van der Waals surface area contributed by atoms with Crippen LogP contribution in [0.3, 0.4) is 0 Å². The summed E-state index contributed by atoms with van der Waals surface area (Å²) < 4.78 is 29.2. The van der Waals surface area contributed by atoms with Crippen LogP contribution in [0.5, 0.6) is 0 Å². The van der Waals surface area contributed by atoms with E-state index in [1.807, 2.05) is 39.8 Å². The van der Waals surface area contributed by atoms with Crippen molar-refractivity contribution in [1.82, 2.24) is 4.90 Å². The first-order valence-corrected chi connectivity index (χ1v) is 12.8. The van der Waals surface area contributed by atoms with E-state index in [1.54, 1.807) is 42.5 Å². The fraction of sp³-hybridized carbons (Fsp3) is 0.385. The molecule has 0 saturated carbocycles. The molecule has 1 heterocycles. The van der Waals surface area contributed by atoms with Crippen molar-refractivity contribution in [2.45, 2.75) is 56.9 Å². The highest BCUT2D eigenvalue weighted by atomic mass is 32.2. The van der Waals surface area contributed by atoms with E-state index < -0.39 is 33.2 Å². The highest BCUT2D eigenvalue weighted by molar-refractivity contribution is 7.93. The van der Waals surface area contributed by atoms with Gasteiger partial charge in [0.15, 0.2) is 0 Å². The number of allylic oxidation sites excluding steroid dienone is 1. The first-order valence-electron chi connectivity index (χ1n) is 11.4. The minimum absolute atomic E-state index is 0.174. The van der Waals surface area contributed by atoms with Crippen LogP contribution < -0.4 is 4.31 Å².